The molecule has 228 valence electrons. The normalized spacial score (nSPS) is 13.3. The van der Waals surface area contributed by atoms with E-state index in [-0.39, 0.29) is 17.6 Å². The maximum absolute atomic E-state index is 14.3. The fraction of sp³-hybridized carbons (Fsp3) is 0.710. The lowest BCUT2D eigenvalue weighted by Crippen LogP contribution is -2.55. The van der Waals surface area contributed by atoms with E-state index in [0.717, 1.165) is 32.1 Å². The van der Waals surface area contributed by atoms with Gasteiger partial charge < -0.3 is 25.4 Å². The largest absolute Gasteiger partial charge is 0.508 e. The number of thioether (sulfide) groups is 1. The highest BCUT2D eigenvalue weighted by Gasteiger charge is 2.37. The maximum Gasteiger partial charge on any atom is 0.408 e. The molecule has 1 rings (SSSR count). The second-order valence-electron chi connectivity index (χ2n) is 12.5. The SMILES string of the molecule is CCCCCCCCN(C(=O)C(CCSC)NC(=O)OC(C)(C)C)C(C(=O)NC(C)(C)C)c1ccc(O)c(C)c1. The van der Waals surface area contributed by atoms with Gasteiger partial charge in [-0.2, -0.15) is 11.8 Å². The number of carbonyl (C=O) groups is 3. The lowest BCUT2D eigenvalue weighted by Gasteiger charge is -2.36. The Morgan fingerprint density at radius 3 is 2.20 bits per heavy atom. The molecule has 0 saturated heterocycles. The van der Waals surface area contributed by atoms with E-state index in [4.69, 9.17) is 4.74 Å². The molecule has 0 saturated carbocycles. The van der Waals surface area contributed by atoms with Crippen LogP contribution in [0, 0.1) is 6.92 Å². The zero-order chi connectivity index (χ0) is 30.5. The Hall–Kier alpha value is -2.42. The highest BCUT2D eigenvalue weighted by atomic mass is 32.2. The predicted octanol–water partition coefficient (Wildman–Crippen LogP) is 6.49. The van der Waals surface area contributed by atoms with Gasteiger partial charge in [-0.1, -0.05) is 45.1 Å². The first kappa shape index (κ1) is 35.6. The third-order valence-corrected chi connectivity index (χ3v) is 6.87. The van der Waals surface area contributed by atoms with Gasteiger partial charge in [-0.05, 0) is 96.6 Å². The van der Waals surface area contributed by atoms with Crippen LogP contribution in [0.4, 0.5) is 4.79 Å². The number of nitrogens with zero attached hydrogens (tertiary/aromatic N) is 1. The predicted molar refractivity (Wildman–Crippen MR) is 165 cm³/mol. The van der Waals surface area contributed by atoms with E-state index in [1.54, 1.807) is 62.6 Å². The molecule has 3 amide bonds. The van der Waals surface area contributed by atoms with Crippen LogP contribution in [0.25, 0.3) is 0 Å². The number of benzene rings is 1. The quantitative estimate of drug-likeness (QED) is 0.205. The van der Waals surface area contributed by atoms with Crippen molar-refractivity contribution in [2.75, 3.05) is 18.6 Å². The van der Waals surface area contributed by atoms with Gasteiger partial charge in [0.2, 0.25) is 11.8 Å². The standard InChI is InChI=1S/C31H53N3O5S/c1-10-11-12-13-14-15-19-34(28(37)24(18-20-40-9)32-29(38)39-31(6,7)8)26(27(36)33-30(3,4)5)23-16-17-25(35)22(2)21-23/h16-17,21,24,26,35H,10-15,18-20H2,1-9H3,(H,32,38)(H,33,36). The number of aromatic hydroxyl groups is 1. The molecule has 40 heavy (non-hydrogen) atoms. The summed E-state index contributed by atoms with van der Waals surface area (Å²) in [5.41, 5.74) is -0.0156. The molecule has 0 aliphatic heterocycles. The smallest absolute Gasteiger partial charge is 0.408 e. The summed E-state index contributed by atoms with van der Waals surface area (Å²) in [5.74, 6) is 0.136. The first-order valence-electron chi connectivity index (χ1n) is 14.5. The van der Waals surface area contributed by atoms with Crippen molar-refractivity contribution in [3.8, 4) is 5.75 Å². The molecule has 2 unspecified atom stereocenters. The zero-order valence-corrected chi connectivity index (χ0v) is 27.0. The molecular formula is C31H53N3O5S. The molecule has 0 aromatic heterocycles. The summed E-state index contributed by atoms with van der Waals surface area (Å²) in [5, 5.41) is 16.0. The number of phenols is 1. The molecule has 1 aromatic carbocycles. The first-order chi connectivity index (χ1) is 18.6. The van der Waals surface area contributed by atoms with E-state index in [2.05, 4.69) is 17.6 Å². The lowest BCUT2D eigenvalue weighted by molar-refractivity contribution is -0.143. The van der Waals surface area contributed by atoms with E-state index >= 15 is 0 Å². The minimum absolute atomic E-state index is 0.122. The van der Waals surface area contributed by atoms with Crippen molar-refractivity contribution in [2.45, 2.75) is 124 Å². The Kier molecular flexibility index (Phi) is 14.9. The van der Waals surface area contributed by atoms with Gasteiger partial charge in [-0.25, -0.2) is 4.79 Å². The third kappa shape index (κ3) is 13.3. The monoisotopic (exact) mass is 579 g/mol. The Morgan fingerprint density at radius 1 is 1.02 bits per heavy atom. The van der Waals surface area contributed by atoms with E-state index in [1.807, 2.05) is 27.0 Å². The fourth-order valence-corrected chi connectivity index (χ4v) is 4.80. The van der Waals surface area contributed by atoms with Crippen LogP contribution in [0.1, 0.15) is 111 Å². The van der Waals surface area contributed by atoms with Crippen molar-refractivity contribution >= 4 is 29.7 Å². The molecule has 0 aliphatic rings. The first-order valence-corrected chi connectivity index (χ1v) is 15.9. The van der Waals surface area contributed by atoms with E-state index in [9.17, 15) is 19.5 Å². The molecule has 8 nitrogen and oxygen atoms in total. The molecule has 0 radical (unpaired) electrons. The summed E-state index contributed by atoms with van der Waals surface area (Å²) in [4.78, 5) is 42.5. The number of amides is 3. The summed E-state index contributed by atoms with van der Waals surface area (Å²) in [7, 11) is 0. The van der Waals surface area contributed by atoms with Crippen molar-refractivity contribution < 1.29 is 24.2 Å². The summed E-state index contributed by atoms with van der Waals surface area (Å²) >= 11 is 1.58. The number of aryl methyl sites for hydroxylation is 1. The Morgan fingerprint density at radius 2 is 1.65 bits per heavy atom. The lowest BCUT2D eigenvalue weighted by atomic mass is 9.98. The summed E-state index contributed by atoms with van der Waals surface area (Å²) in [6.45, 7) is 15.3. The van der Waals surface area contributed by atoms with Crippen LogP contribution >= 0.6 is 11.8 Å². The van der Waals surface area contributed by atoms with E-state index in [0.29, 0.717) is 29.8 Å². The second kappa shape index (κ2) is 16.7. The second-order valence-corrected chi connectivity index (χ2v) is 13.5. The minimum Gasteiger partial charge on any atom is -0.508 e. The summed E-state index contributed by atoms with van der Waals surface area (Å²) in [6.07, 6.45) is 7.84. The molecule has 2 atom stereocenters. The molecule has 0 bridgehead atoms. The van der Waals surface area contributed by atoms with Crippen LogP contribution in [0.15, 0.2) is 18.2 Å². The molecule has 0 spiro atoms. The number of nitrogens with one attached hydrogen (secondary N) is 2. The van der Waals surface area contributed by atoms with E-state index < -0.39 is 29.3 Å². The summed E-state index contributed by atoms with van der Waals surface area (Å²) < 4.78 is 5.47. The van der Waals surface area contributed by atoms with Crippen LogP contribution in [0.5, 0.6) is 5.75 Å². The van der Waals surface area contributed by atoms with E-state index in [1.165, 1.54) is 6.42 Å². The summed E-state index contributed by atoms with van der Waals surface area (Å²) in [6, 6.07) is 3.21. The van der Waals surface area contributed by atoms with Crippen LogP contribution in [0.2, 0.25) is 0 Å². The number of unbranched alkanes of at least 4 members (excludes halogenated alkanes) is 5. The average molecular weight is 580 g/mol. The molecule has 0 heterocycles. The van der Waals surface area contributed by atoms with Crippen molar-refractivity contribution in [2.24, 2.45) is 0 Å². The van der Waals surface area contributed by atoms with Crippen molar-refractivity contribution in [1.29, 1.82) is 0 Å². The molecule has 0 fully saturated rings. The van der Waals surface area contributed by atoms with Gasteiger partial charge in [-0.3, -0.25) is 9.59 Å². The zero-order valence-electron chi connectivity index (χ0n) is 26.2. The van der Waals surface area contributed by atoms with Crippen molar-refractivity contribution in [3.05, 3.63) is 29.3 Å². The minimum atomic E-state index is -0.932. The number of phenolic OH excluding ortho intramolecular Hbond substituents is 1. The molecule has 0 aliphatic carbocycles. The van der Waals surface area contributed by atoms with Gasteiger partial charge in [0.05, 0.1) is 0 Å². The Bertz CT molecular complexity index is 955. The number of alkyl carbamates (subject to hydrolysis) is 1. The fourth-order valence-electron chi connectivity index (χ4n) is 4.33. The van der Waals surface area contributed by atoms with Crippen molar-refractivity contribution in [1.82, 2.24) is 15.5 Å². The van der Waals surface area contributed by atoms with Gasteiger partial charge in [0.25, 0.3) is 0 Å². The topological polar surface area (TPSA) is 108 Å². The third-order valence-electron chi connectivity index (χ3n) is 6.23. The van der Waals surface area contributed by atoms with Gasteiger partial charge in [0.1, 0.15) is 23.4 Å². The molecule has 9 heteroatoms. The van der Waals surface area contributed by atoms with Gasteiger partial charge in [-0.15, -0.1) is 0 Å². The van der Waals surface area contributed by atoms with Crippen LogP contribution in [0.3, 0.4) is 0 Å². The average Bonchev–Trinajstić information content (AvgIpc) is 2.82. The molecular weight excluding hydrogens is 526 g/mol. The number of hydrogen-bond donors (Lipinski definition) is 3. The van der Waals surface area contributed by atoms with Gasteiger partial charge >= 0.3 is 6.09 Å². The Labute approximate surface area is 246 Å². The van der Waals surface area contributed by atoms with Crippen molar-refractivity contribution in [3.63, 3.8) is 0 Å². The number of rotatable bonds is 15. The number of hydrogen-bond acceptors (Lipinski definition) is 6. The molecule has 3 N–H and O–H groups in total. The van der Waals surface area contributed by atoms with Crippen LogP contribution in [-0.2, 0) is 14.3 Å². The van der Waals surface area contributed by atoms with Gasteiger partial charge in [0.15, 0.2) is 0 Å². The Balaban J connectivity index is 3.51. The highest BCUT2D eigenvalue weighted by molar-refractivity contribution is 7.98. The maximum atomic E-state index is 14.3. The number of carbonyl (C=O) groups excluding carboxylic acids is 3. The van der Waals surface area contributed by atoms with Crippen LogP contribution in [-0.4, -0.2) is 63.6 Å². The van der Waals surface area contributed by atoms with Crippen LogP contribution < -0.4 is 10.6 Å². The van der Waals surface area contributed by atoms with Gasteiger partial charge in [0, 0.05) is 12.1 Å². The number of ether oxygens (including phenoxy) is 1. The highest BCUT2D eigenvalue weighted by Crippen LogP contribution is 2.28. The molecule has 1 aromatic rings.